The average Bonchev–Trinajstić information content (AvgIpc) is 2.39. The third-order valence-electron chi connectivity index (χ3n) is 3.65. The number of nitrogens with one attached hydrogen (secondary N) is 1. The van der Waals surface area contributed by atoms with Crippen LogP contribution in [-0.4, -0.2) is 26.4 Å². The molecular formula is C16H27NO2. The van der Waals surface area contributed by atoms with E-state index in [-0.39, 0.29) is 5.60 Å². The molecule has 108 valence electrons. The lowest BCUT2D eigenvalue weighted by Crippen LogP contribution is -2.25. The first-order chi connectivity index (χ1) is 8.89. The van der Waals surface area contributed by atoms with Crippen LogP contribution in [0.4, 0.5) is 0 Å². The van der Waals surface area contributed by atoms with E-state index in [4.69, 9.17) is 9.47 Å². The van der Waals surface area contributed by atoms with Crippen LogP contribution in [0.2, 0.25) is 0 Å². The van der Waals surface area contributed by atoms with Crippen LogP contribution in [0.5, 0.6) is 5.75 Å². The quantitative estimate of drug-likeness (QED) is 0.819. The second-order valence-electron chi connectivity index (χ2n) is 5.60. The highest BCUT2D eigenvalue weighted by atomic mass is 16.5. The summed E-state index contributed by atoms with van der Waals surface area (Å²) < 4.78 is 11.2. The van der Waals surface area contributed by atoms with Crippen molar-refractivity contribution in [3.05, 3.63) is 29.3 Å². The van der Waals surface area contributed by atoms with Gasteiger partial charge in [0.25, 0.3) is 0 Å². The molecule has 3 heteroatoms. The molecule has 0 saturated heterocycles. The highest BCUT2D eigenvalue weighted by molar-refractivity contribution is 5.37. The fourth-order valence-electron chi connectivity index (χ4n) is 1.78. The molecule has 0 aromatic heterocycles. The summed E-state index contributed by atoms with van der Waals surface area (Å²) in [5.41, 5.74) is 2.33. The van der Waals surface area contributed by atoms with Gasteiger partial charge in [-0.15, -0.1) is 0 Å². The second kappa shape index (κ2) is 6.92. The van der Waals surface area contributed by atoms with Crippen LogP contribution < -0.4 is 10.1 Å². The molecule has 3 nitrogen and oxygen atoms in total. The zero-order chi connectivity index (χ0) is 14.5. The fraction of sp³-hybridized carbons (Fsp3) is 0.625. The third kappa shape index (κ3) is 4.84. The molecule has 0 heterocycles. The van der Waals surface area contributed by atoms with Gasteiger partial charge in [-0.3, -0.25) is 0 Å². The monoisotopic (exact) mass is 265 g/mol. The zero-order valence-electron chi connectivity index (χ0n) is 13.0. The van der Waals surface area contributed by atoms with Crippen LogP contribution >= 0.6 is 0 Å². The van der Waals surface area contributed by atoms with E-state index in [1.165, 1.54) is 11.1 Å². The number of benzene rings is 1. The van der Waals surface area contributed by atoms with Crippen LogP contribution in [0.25, 0.3) is 0 Å². The van der Waals surface area contributed by atoms with E-state index < -0.39 is 0 Å². The van der Waals surface area contributed by atoms with Crippen LogP contribution in [0.3, 0.4) is 0 Å². The molecule has 0 aliphatic carbocycles. The summed E-state index contributed by atoms with van der Waals surface area (Å²) in [5, 5.41) is 3.24. The van der Waals surface area contributed by atoms with E-state index in [1.54, 1.807) is 7.11 Å². The summed E-state index contributed by atoms with van der Waals surface area (Å²) >= 11 is 0. The first-order valence-corrected chi connectivity index (χ1v) is 6.85. The van der Waals surface area contributed by atoms with Crippen molar-refractivity contribution in [1.82, 2.24) is 5.32 Å². The Balaban J connectivity index is 2.61. The van der Waals surface area contributed by atoms with Crippen LogP contribution in [-0.2, 0) is 4.74 Å². The van der Waals surface area contributed by atoms with Crippen molar-refractivity contribution in [3.8, 4) is 5.75 Å². The SMILES string of the molecule is CNC(C)c1ccc(OCCC(C)(C)OC)c(C)c1. The molecule has 0 bridgehead atoms. The number of aryl methyl sites for hydroxylation is 1. The van der Waals surface area contributed by atoms with E-state index >= 15 is 0 Å². The number of hydrogen-bond donors (Lipinski definition) is 1. The fourth-order valence-corrected chi connectivity index (χ4v) is 1.78. The molecule has 1 N–H and O–H groups in total. The molecule has 1 atom stereocenters. The van der Waals surface area contributed by atoms with Gasteiger partial charge in [-0.05, 0) is 51.9 Å². The number of ether oxygens (including phenoxy) is 2. The summed E-state index contributed by atoms with van der Waals surface area (Å²) in [6.45, 7) is 9.05. The van der Waals surface area contributed by atoms with Gasteiger partial charge < -0.3 is 14.8 Å². The lowest BCUT2D eigenvalue weighted by Gasteiger charge is -2.23. The minimum absolute atomic E-state index is 0.130. The van der Waals surface area contributed by atoms with Gasteiger partial charge >= 0.3 is 0 Å². The highest BCUT2D eigenvalue weighted by Crippen LogP contribution is 2.23. The standard InChI is InChI=1S/C16H27NO2/c1-12-11-14(13(2)17-5)7-8-15(12)19-10-9-16(3,4)18-6/h7-8,11,13,17H,9-10H2,1-6H3. The maximum Gasteiger partial charge on any atom is 0.122 e. The Morgan fingerprint density at radius 1 is 1.32 bits per heavy atom. The van der Waals surface area contributed by atoms with Gasteiger partial charge in [-0.1, -0.05) is 12.1 Å². The number of methoxy groups -OCH3 is 1. The van der Waals surface area contributed by atoms with Crippen molar-refractivity contribution in [2.75, 3.05) is 20.8 Å². The van der Waals surface area contributed by atoms with Crippen molar-refractivity contribution >= 4 is 0 Å². The number of hydrogen-bond acceptors (Lipinski definition) is 3. The van der Waals surface area contributed by atoms with Gasteiger partial charge in [0.15, 0.2) is 0 Å². The molecule has 1 rings (SSSR count). The highest BCUT2D eigenvalue weighted by Gasteiger charge is 2.16. The van der Waals surface area contributed by atoms with Crippen LogP contribution in [0, 0.1) is 6.92 Å². The predicted octanol–water partition coefficient (Wildman–Crippen LogP) is 3.47. The van der Waals surface area contributed by atoms with Gasteiger partial charge in [0, 0.05) is 19.6 Å². The van der Waals surface area contributed by atoms with Crippen molar-refractivity contribution in [2.45, 2.75) is 45.8 Å². The summed E-state index contributed by atoms with van der Waals surface area (Å²) in [6, 6.07) is 6.71. The van der Waals surface area contributed by atoms with Gasteiger partial charge in [-0.25, -0.2) is 0 Å². The Morgan fingerprint density at radius 2 is 2.00 bits per heavy atom. The Bertz CT molecular complexity index is 402. The van der Waals surface area contributed by atoms with Crippen LogP contribution in [0.1, 0.15) is 44.4 Å². The average molecular weight is 265 g/mol. The van der Waals surface area contributed by atoms with E-state index in [0.717, 1.165) is 12.2 Å². The van der Waals surface area contributed by atoms with Gasteiger partial charge in [-0.2, -0.15) is 0 Å². The molecule has 1 aromatic carbocycles. The first-order valence-electron chi connectivity index (χ1n) is 6.85. The maximum absolute atomic E-state index is 5.84. The van der Waals surface area contributed by atoms with Crippen molar-refractivity contribution < 1.29 is 9.47 Å². The van der Waals surface area contributed by atoms with E-state index in [9.17, 15) is 0 Å². The molecule has 0 radical (unpaired) electrons. The summed E-state index contributed by atoms with van der Waals surface area (Å²) in [4.78, 5) is 0. The Labute approximate surface area is 117 Å². The van der Waals surface area contributed by atoms with Crippen molar-refractivity contribution in [1.29, 1.82) is 0 Å². The lowest BCUT2D eigenvalue weighted by molar-refractivity contribution is 0.00539. The van der Waals surface area contributed by atoms with Crippen molar-refractivity contribution in [2.24, 2.45) is 0 Å². The zero-order valence-corrected chi connectivity index (χ0v) is 13.0. The molecule has 0 spiro atoms. The van der Waals surface area contributed by atoms with Gasteiger partial charge in [0.05, 0.1) is 12.2 Å². The van der Waals surface area contributed by atoms with E-state index in [0.29, 0.717) is 12.6 Å². The molecule has 0 aliphatic rings. The molecule has 0 aliphatic heterocycles. The number of rotatable bonds is 7. The minimum atomic E-state index is -0.130. The normalized spacial score (nSPS) is 13.4. The first kappa shape index (κ1) is 16.0. The Hall–Kier alpha value is -1.06. The largest absolute Gasteiger partial charge is 0.493 e. The predicted molar refractivity (Wildman–Crippen MR) is 79.9 cm³/mol. The molecule has 1 aromatic rings. The van der Waals surface area contributed by atoms with E-state index in [1.807, 2.05) is 7.05 Å². The van der Waals surface area contributed by atoms with Crippen LogP contribution in [0.15, 0.2) is 18.2 Å². The summed E-state index contributed by atoms with van der Waals surface area (Å²) in [6.07, 6.45) is 0.873. The smallest absolute Gasteiger partial charge is 0.122 e. The molecule has 19 heavy (non-hydrogen) atoms. The molecule has 0 fully saturated rings. The molecule has 0 amide bonds. The molecular weight excluding hydrogens is 238 g/mol. The van der Waals surface area contributed by atoms with Gasteiger partial charge in [0.2, 0.25) is 0 Å². The minimum Gasteiger partial charge on any atom is -0.493 e. The topological polar surface area (TPSA) is 30.5 Å². The summed E-state index contributed by atoms with van der Waals surface area (Å²) in [7, 11) is 3.70. The Kier molecular flexibility index (Phi) is 5.83. The molecule has 0 saturated carbocycles. The lowest BCUT2D eigenvalue weighted by atomic mass is 10.0. The van der Waals surface area contributed by atoms with E-state index in [2.05, 4.69) is 51.2 Å². The maximum atomic E-state index is 5.84. The van der Waals surface area contributed by atoms with Crippen molar-refractivity contribution in [3.63, 3.8) is 0 Å². The second-order valence-corrected chi connectivity index (χ2v) is 5.60. The Morgan fingerprint density at radius 3 is 2.53 bits per heavy atom. The third-order valence-corrected chi connectivity index (χ3v) is 3.65. The molecule has 1 unspecified atom stereocenters. The van der Waals surface area contributed by atoms with Gasteiger partial charge in [0.1, 0.15) is 5.75 Å². The summed E-state index contributed by atoms with van der Waals surface area (Å²) in [5.74, 6) is 0.957.